The van der Waals surface area contributed by atoms with Gasteiger partial charge in [0, 0.05) is 19.0 Å². The number of para-hydroxylation sites is 2. The van der Waals surface area contributed by atoms with Gasteiger partial charge in [0.25, 0.3) is 0 Å². The molecule has 1 atom stereocenters. The Labute approximate surface area is 155 Å². The second-order valence-corrected chi connectivity index (χ2v) is 8.58. The molecule has 1 saturated heterocycles. The topological polar surface area (TPSA) is 83.9 Å². The van der Waals surface area contributed by atoms with E-state index in [2.05, 4.69) is 15.1 Å². The third kappa shape index (κ3) is 3.23. The second-order valence-electron chi connectivity index (χ2n) is 6.68. The minimum absolute atomic E-state index is 0.0705. The monoisotopic (exact) mass is 395 g/mol. The molecule has 1 fully saturated rings. The zero-order chi connectivity index (χ0) is 19.2. The van der Waals surface area contributed by atoms with Crippen molar-refractivity contribution >= 4 is 21.1 Å². The van der Waals surface area contributed by atoms with E-state index in [9.17, 15) is 17.2 Å². The first-order chi connectivity index (χ1) is 12.9. The maximum atomic E-state index is 13.0. The Morgan fingerprint density at radius 2 is 2.07 bits per heavy atom. The Morgan fingerprint density at radius 3 is 2.78 bits per heavy atom. The minimum atomic E-state index is -3.90. The number of halogens is 2. The molecular formula is C17H19F2N5O2S. The lowest BCUT2D eigenvalue weighted by molar-refractivity contribution is 0.0561. The van der Waals surface area contributed by atoms with Gasteiger partial charge in [-0.25, -0.2) is 18.1 Å². The van der Waals surface area contributed by atoms with Crippen LogP contribution in [0.1, 0.15) is 36.8 Å². The van der Waals surface area contributed by atoms with Crippen LogP contribution in [0.4, 0.5) is 8.78 Å². The van der Waals surface area contributed by atoms with E-state index in [1.165, 1.54) is 11.2 Å². The van der Waals surface area contributed by atoms with Crippen molar-refractivity contribution in [1.29, 1.82) is 0 Å². The molecule has 0 saturated carbocycles. The van der Waals surface area contributed by atoms with Gasteiger partial charge in [0.05, 0.1) is 22.9 Å². The van der Waals surface area contributed by atoms with Crippen molar-refractivity contribution in [2.45, 2.75) is 37.1 Å². The number of imidazole rings is 1. The highest BCUT2D eigenvalue weighted by Gasteiger charge is 2.34. The highest BCUT2D eigenvalue weighted by Crippen LogP contribution is 2.31. The largest absolute Gasteiger partial charge is 0.342 e. The molecule has 3 aromatic rings. The molecule has 4 rings (SSSR count). The van der Waals surface area contributed by atoms with Crippen LogP contribution in [0.5, 0.6) is 0 Å². The van der Waals surface area contributed by atoms with Gasteiger partial charge in [-0.15, -0.1) is 0 Å². The van der Waals surface area contributed by atoms with Crippen molar-refractivity contribution in [3.05, 3.63) is 42.0 Å². The van der Waals surface area contributed by atoms with E-state index in [1.807, 2.05) is 24.3 Å². The summed E-state index contributed by atoms with van der Waals surface area (Å²) in [5, 5.41) is 3.62. The van der Waals surface area contributed by atoms with E-state index in [-0.39, 0.29) is 23.1 Å². The first kappa shape index (κ1) is 18.1. The molecular weight excluding hydrogens is 376 g/mol. The smallest absolute Gasteiger partial charge is 0.333 e. The van der Waals surface area contributed by atoms with Crippen LogP contribution in [0.25, 0.3) is 11.0 Å². The Morgan fingerprint density at radius 1 is 1.30 bits per heavy atom. The molecule has 1 N–H and O–H groups in total. The first-order valence-electron chi connectivity index (χ1n) is 8.65. The third-order valence-electron chi connectivity index (χ3n) is 4.87. The summed E-state index contributed by atoms with van der Waals surface area (Å²) >= 11 is 0. The summed E-state index contributed by atoms with van der Waals surface area (Å²) in [5.74, 6) is 0.669. The molecule has 1 aromatic carbocycles. The van der Waals surface area contributed by atoms with Crippen LogP contribution >= 0.6 is 0 Å². The number of alkyl halides is 2. The van der Waals surface area contributed by atoms with E-state index in [0.29, 0.717) is 17.6 Å². The normalized spacial score (nSPS) is 19.2. The fourth-order valence-corrected chi connectivity index (χ4v) is 5.19. The number of sulfonamides is 1. The number of hydrogen-bond donors (Lipinski definition) is 1. The molecule has 10 heteroatoms. The fraction of sp³-hybridized carbons (Fsp3) is 0.412. The van der Waals surface area contributed by atoms with Crippen LogP contribution in [-0.4, -0.2) is 45.6 Å². The van der Waals surface area contributed by atoms with Crippen LogP contribution in [-0.2, 0) is 10.0 Å². The lowest BCUT2D eigenvalue weighted by Gasteiger charge is -2.30. The Hall–Kier alpha value is -2.33. The SMILES string of the molecule is Cc1nn(C(F)F)cc1S(=O)(=O)N1CCCC(c2nc3ccccc3[nH]2)C1. The van der Waals surface area contributed by atoms with Crippen molar-refractivity contribution in [2.24, 2.45) is 0 Å². The van der Waals surface area contributed by atoms with Crippen molar-refractivity contribution < 1.29 is 17.2 Å². The number of aromatic amines is 1. The molecule has 2 aromatic heterocycles. The number of piperidine rings is 1. The Balaban J connectivity index is 1.62. The summed E-state index contributed by atoms with van der Waals surface area (Å²) in [6.45, 7) is -0.857. The van der Waals surface area contributed by atoms with E-state index >= 15 is 0 Å². The van der Waals surface area contributed by atoms with Crippen molar-refractivity contribution in [3.63, 3.8) is 0 Å². The number of aryl methyl sites for hydroxylation is 1. The van der Waals surface area contributed by atoms with E-state index in [4.69, 9.17) is 0 Å². The van der Waals surface area contributed by atoms with E-state index in [0.717, 1.165) is 29.5 Å². The molecule has 0 aliphatic carbocycles. The molecule has 27 heavy (non-hydrogen) atoms. The molecule has 3 heterocycles. The first-order valence-corrected chi connectivity index (χ1v) is 10.1. The van der Waals surface area contributed by atoms with Crippen molar-refractivity contribution in [3.8, 4) is 0 Å². The maximum absolute atomic E-state index is 13.0. The summed E-state index contributed by atoms with van der Waals surface area (Å²) < 4.78 is 53.4. The van der Waals surface area contributed by atoms with E-state index in [1.54, 1.807) is 0 Å². The highest BCUT2D eigenvalue weighted by molar-refractivity contribution is 7.89. The van der Waals surface area contributed by atoms with Gasteiger partial charge in [-0.2, -0.15) is 18.2 Å². The molecule has 144 valence electrons. The number of benzene rings is 1. The summed E-state index contributed by atoms with van der Waals surface area (Å²) in [5.41, 5.74) is 1.81. The zero-order valence-corrected chi connectivity index (χ0v) is 15.5. The van der Waals surface area contributed by atoms with Crippen molar-refractivity contribution in [1.82, 2.24) is 24.1 Å². The number of hydrogen-bond acceptors (Lipinski definition) is 4. The van der Waals surface area contributed by atoms with E-state index < -0.39 is 16.6 Å². The number of H-pyrrole nitrogens is 1. The summed E-state index contributed by atoms with van der Waals surface area (Å²) in [6, 6.07) is 7.62. The van der Waals surface area contributed by atoms with Gasteiger partial charge in [0.15, 0.2) is 0 Å². The fourth-order valence-electron chi connectivity index (χ4n) is 3.51. The summed E-state index contributed by atoms with van der Waals surface area (Å²) in [7, 11) is -3.90. The second kappa shape index (κ2) is 6.68. The number of nitrogens with one attached hydrogen (secondary N) is 1. The van der Waals surface area contributed by atoms with Gasteiger partial charge in [0.1, 0.15) is 10.7 Å². The highest BCUT2D eigenvalue weighted by atomic mass is 32.2. The third-order valence-corrected chi connectivity index (χ3v) is 6.84. The Kier molecular flexibility index (Phi) is 4.47. The predicted octanol–water partition coefficient (Wildman–Crippen LogP) is 3.03. The maximum Gasteiger partial charge on any atom is 0.333 e. The molecule has 1 unspecified atom stereocenters. The molecule has 0 amide bonds. The average Bonchev–Trinajstić information content (AvgIpc) is 3.26. The molecule has 0 bridgehead atoms. The quantitative estimate of drug-likeness (QED) is 0.736. The number of nitrogens with zero attached hydrogens (tertiary/aromatic N) is 4. The van der Waals surface area contributed by atoms with Crippen LogP contribution in [0, 0.1) is 6.92 Å². The number of aromatic nitrogens is 4. The van der Waals surface area contributed by atoms with Crippen LogP contribution < -0.4 is 0 Å². The summed E-state index contributed by atoms with van der Waals surface area (Å²) in [4.78, 5) is 7.66. The van der Waals surface area contributed by atoms with Crippen LogP contribution in [0.3, 0.4) is 0 Å². The predicted molar refractivity (Wildman–Crippen MR) is 95.0 cm³/mol. The van der Waals surface area contributed by atoms with Gasteiger partial charge in [-0.3, -0.25) is 0 Å². The molecule has 1 aliphatic heterocycles. The Bertz CT molecular complexity index is 1040. The lowest BCUT2D eigenvalue weighted by Crippen LogP contribution is -2.39. The molecule has 0 spiro atoms. The lowest BCUT2D eigenvalue weighted by atomic mass is 9.99. The van der Waals surface area contributed by atoms with Gasteiger partial charge in [0.2, 0.25) is 10.0 Å². The van der Waals surface area contributed by atoms with Crippen LogP contribution in [0.15, 0.2) is 35.4 Å². The van der Waals surface area contributed by atoms with Gasteiger partial charge in [-0.1, -0.05) is 12.1 Å². The number of rotatable bonds is 4. The van der Waals surface area contributed by atoms with Gasteiger partial charge < -0.3 is 4.98 Å². The minimum Gasteiger partial charge on any atom is -0.342 e. The summed E-state index contributed by atoms with van der Waals surface area (Å²) in [6.07, 6.45) is 2.38. The molecule has 0 radical (unpaired) electrons. The van der Waals surface area contributed by atoms with Crippen molar-refractivity contribution in [2.75, 3.05) is 13.1 Å². The standard InChI is InChI=1S/C17H19F2N5O2S/c1-11-15(10-24(22-11)17(18)19)27(25,26)23-8-4-5-12(9-23)16-20-13-6-2-3-7-14(13)21-16/h2-3,6-7,10,12,17H,4-5,8-9H2,1H3,(H,20,21). The molecule has 1 aliphatic rings. The molecule has 7 nitrogen and oxygen atoms in total. The zero-order valence-electron chi connectivity index (χ0n) is 14.6. The average molecular weight is 395 g/mol. The van der Waals surface area contributed by atoms with Gasteiger partial charge >= 0.3 is 6.55 Å². The number of fused-ring (bicyclic) bond motifs is 1. The van der Waals surface area contributed by atoms with Gasteiger partial charge in [-0.05, 0) is 31.9 Å². The van der Waals surface area contributed by atoms with Crippen LogP contribution in [0.2, 0.25) is 0 Å².